The monoisotopic (exact) mass is 383 g/mol. The Hall–Kier alpha value is -1.69. The number of amides is 1. The van der Waals surface area contributed by atoms with Crippen LogP contribution in [0.4, 0.5) is 0 Å². The van der Waals surface area contributed by atoms with Crippen molar-refractivity contribution in [3.05, 3.63) is 47.3 Å². The van der Waals surface area contributed by atoms with Gasteiger partial charge in [-0.3, -0.25) is 9.69 Å². The van der Waals surface area contributed by atoms with Gasteiger partial charge < -0.3 is 9.80 Å². The average molecular weight is 384 g/mol. The highest BCUT2D eigenvalue weighted by atomic mass is 32.1. The fraction of sp³-hybridized carbons (Fsp3) is 0.500. The average Bonchev–Trinajstić information content (AvgIpc) is 3.24. The van der Waals surface area contributed by atoms with E-state index in [4.69, 9.17) is 0 Å². The first-order valence-electron chi connectivity index (χ1n) is 10.0. The standard InChI is InChI=1S/C22H29N3OS/c1-23-12-14-24(15-13-23)22(26)20-5-2-3-11-25(20)17-18-7-9-19(10-8-18)21-6-4-16-27-21/h4,6-10,16,20H,2-3,5,11-15,17H2,1H3. The van der Waals surface area contributed by atoms with Crippen LogP contribution in [0.1, 0.15) is 24.8 Å². The van der Waals surface area contributed by atoms with Crippen LogP contribution in [0.5, 0.6) is 0 Å². The Bertz CT molecular complexity index is 735. The Morgan fingerprint density at radius 3 is 2.52 bits per heavy atom. The second-order valence-electron chi connectivity index (χ2n) is 7.78. The molecule has 2 fully saturated rings. The number of nitrogens with zero attached hydrogens (tertiary/aromatic N) is 3. The number of carbonyl (C=O) groups is 1. The van der Waals surface area contributed by atoms with Crippen LogP contribution in [-0.2, 0) is 11.3 Å². The number of piperazine rings is 1. The van der Waals surface area contributed by atoms with E-state index in [1.165, 1.54) is 22.4 Å². The third kappa shape index (κ3) is 4.42. The van der Waals surface area contributed by atoms with Crippen molar-refractivity contribution < 1.29 is 4.79 Å². The van der Waals surface area contributed by atoms with E-state index in [0.717, 1.165) is 52.1 Å². The van der Waals surface area contributed by atoms with Crippen LogP contribution < -0.4 is 0 Å². The number of likely N-dealkylation sites (tertiary alicyclic amines) is 1. The molecular formula is C22H29N3OS. The zero-order valence-electron chi connectivity index (χ0n) is 16.1. The largest absolute Gasteiger partial charge is 0.339 e. The van der Waals surface area contributed by atoms with Crippen molar-refractivity contribution in [2.45, 2.75) is 31.8 Å². The van der Waals surface area contributed by atoms with Gasteiger partial charge in [0.15, 0.2) is 0 Å². The number of hydrogen-bond acceptors (Lipinski definition) is 4. The Labute approximate surface area is 166 Å². The number of piperidine rings is 1. The molecule has 27 heavy (non-hydrogen) atoms. The number of benzene rings is 1. The van der Waals surface area contributed by atoms with Crippen molar-refractivity contribution in [2.24, 2.45) is 0 Å². The first-order valence-corrected chi connectivity index (χ1v) is 10.9. The lowest BCUT2D eigenvalue weighted by molar-refractivity contribution is -0.140. The maximum absolute atomic E-state index is 13.1. The number of carbonyl (C=O) groups excluding carboxylic acids is 1. The van der Waals surface area contributed by atoms with E-state index in [1.54, 1.807) is 11.3 Å². The topological polar surface area (TPSA) is 26.8 Å². The Morgan fingerprint density at radius 2 is 1.81 bits per heavy atom. The summed E-state index contributed by atoms with van der Waals surface area (Å²) in [7, 11) is 2.13. The van der Waals surface area contributed by atoms with Gasteiger partial charge in [0.1, 0.15) is 0 Å². The predicted molar refractivity (Wildman–Crippen MR) is 112 cm³/mol. The van der Waals surface area contributed by atoms with E-state index < -0.39 is 0 Å². The number of thiophene rings is 1. The second-order valence-corrected chi connectivity index (χ2v) is 8.73. The quantitative estimate of drug-likeness (QED) is 0.808. The molecule has 5 heteroatoms. The molecule has 3 heterocycles. The lowest BCUT2D eigenvalue weighted by Gasteiger charge is -2.40. The van der Waals surface area contributed by atoms with Gasteiger partial charge in [0, 0.05) is 37.6 Å². The second kappa shape index (κ2) is 8.55. The van der Waals surface area contributed by atoms with Gasteiger partial charge in [0.2, 0.25) is 5.91 Å². The number of hydrogen-bond donors (Lipinski definition) is 0. The third-order valence-electron chi connectivity index (χ3n) is 5.86. The van der Waals surface area contributed by atoms with Gasteiger partial charge in [0.25, 0.3) is 0 Å². The minimum atomic E-state index is 0.0547. The van der Waals surface area contributed by atoms with Crippen LogP contribution in [0.2, 0.25) is 0 Å². The predicted octanol–water partition coefficient (Wildman–Crippen LogP) is 3.54. The SMILES string of the molecule is CN1CCN(C(=O)C2CCCCN2Cc2ccc(-c3cccs3)cc2)CC1. The zero-order valence-corrected chi connectivity index (χ0v) is 17.0. The zero-order chi connectivity index (χ0) is 18.6. The maximum Gasteiger partial charge on any atom is 0.240 e. The summed E-state index contributed by atoms with van der Waals surface area (Å²) >= 11 is 1.77. The summed E-state index contributed by atoms with van der Waals surface area (Å²) in [4.78, 5) is 21.2. The molecular weight excluding hydrogens is 354 g/mol. The highest BCUT2D eigenvalue weighted by Crippen LogP contribution is 2.26. The van der Waals surface area contributed by atoms with Crippen molar-refractivity contribution in [1.29, 1.82) is 0 Å². The van der Waals surface area contributed by atoms with E-state index in [9.17, 15) is 4.79 Å². The minimum absolute atomic E-state index is 0.0547. The number of rotatable bonds is 4. The summed E-state index contributed by atoms with van der Waals surface area (Å²) in [6.07, 6.45) is 3.36. The Balaban J connectivity index is 1.42. The number of likely N-dealkylation sites (N-methyl/N-ethyl adjacent to an activating group) is 1. The van der Waals surface area contributed by atoms with Crippen molar-refractivity contribution >= 4 is 17.2 Å². The highest BCUT2D eigenvalue weighted by molar-refractivity contribution is 7.13. The molecule has 2 aromatic rings. The van der Waals surface area contributed by atoms with Crippen molar-refractivity contribution in [3.8, 4) is 10.4 Å². The fourth-order valence-electron chi connectivity index (χ4n) is 4.15. The molecule has 1 aromatic carbocycles. The van der Waals surface area contributed by atoms with Gasteiger partial charge in [-0.15, -0.1) is 11.3 Å². The van der Waals surface area contributed by atoms with Gasteiger partial charge in [0.05, 0.1) is 6.04 Å². The molecule has 1 aromatic heterocycles. The van der Waals surface area contributed by atoms with Gasteiger partial charge in [-0.05, 0) is 49.0 Å². The van der Waals surface area contributed by atoms with Crippen LogP contribution in [-0.4, -0.2) is 66.4 Å². The first kappa shape index (κ1) is 18.7. The van der Waals surface area contributed by atoms with Gasteiger partial charge in [-0.25, -0.2) is 0 Å². The molecule has 1 atom stereocenters. The molecule has 0 saturated carbocycles. The van der Waals surface area contributed by atoms with Gasteiger partial charge in [-0.2, -0.15) is 0 Å². The van der Waals surface area contributed by atoms with Crippen LogP contribution in [0.25, 0.3) is 10.4 Å². The van der Waals surface area contributed by atoms with Gasteiger partial charge >= 0.3 is 0 Å². The molecule has 1 unspecified atom stereocenters. The molecule has 0 spiro atoms. The normalized spacial score (nSPS) is 22.1. The smallest absolute Gasteiger partial charge is 0.240 e. The lowest BCUT2D eigenvalue weighted by Crippen LogP contribution is -2.55. The summed E-state index contributed by atoms with van der Waals surface area (Å²) in [6.45, 7) is 5.61. The molecule has 4 nitrogen and oxygen atoms in total. The van der Waals surface area contributed by atoms with Crippen molar-refractivity contribution in [2.75, 3.05) is 39.8 Å². The van der Waals surface area contributed by atoms with Crippen LogP contribution in [0.3, 0.4) is 0 Å². The van der Waals surface area contributed by atoms with E-state index >= 15 is 0 Å². The summed E-state index contributed by atoms with van der Waals surface area (Å²) < 4.78 is 0. The van der Waals surface area contributed by atoms with E-state index in [2.05, 4.69) is 63.5 Å². The Kier molecular flexibility index (Phi) is 5.91. The molecule has 0 N–H and O–H groups in total. The highest BCUT2D eigenvalue weighted by Gasteiger charge is 2.32. The van der Waals surface area contributed by atoms with E-state index in [1.807, 2.05) is 0 Å². The molecule has 2 aliphatic heterocycles. The van der Waals surface area contributed by atoms with Crippen molar-refractivity contribution in [3.63, 3.8) is 0 Å². The summed E-state index contributed by atoms with van der Waals surface area (Å²) in [5.74, 6) is 0.345. The Morgan fingerprint density at radius 1 is 1.04 bits per heavy atom. The van der Waals surface area contributed by atoms with Gasteiger partial charge in [-0.1, -0.05) is 36.8 Å². The molecule has 0 bridgehead atoms. The summed E-state index contributed by atoms with van der Waals surface area (Å²) in [5.41, 5.74) is 2.57. The molecule has 4 rings (SSSR count). The van der Waals surface area contributed by atoms with Crippen LogP contribution >= 0.6 is 11.3 Å². The molecule has 2 saturated heterocycles. The van der Waals surface area contributed by atoms with Crippen LogP contribution in [0, 0.1) is 0 Å². The van der Waals surface area contributed by atoms with E-state index in [-0.39, 0.29) is 6.04 Å². The fourth-order valence-corrected chi connectivity index (χ4v) is 4.88. The first-order chi connectivity index (χ1) is 13.2. The summed E-state index contributed by atoms with van der Waals surface area (Å²) in [5, 5.41) is 2.12. The lowest BCUT2D eigenvalue weighted by atomic mass is 9.99. The molecule has 1 amide bonds. The minimum Gasteiger partial charge on any atom is -0.339 e. The van der Waals surface area contributed by atoms with Crippen molar-refractivity contribution in [1.82, 2.24) is 14.7 Å². The van der Waals surface area contributed by atoms with E-state index in [0.29, 0.717) is 5.91 Å². The maximum atomic E-state index is 13.1. The molecule has 2 aliphatic rings. The third-order valence-corrected chi connectivity index (χ3v) is 6.78. The van der Waals surface area contributed by atoms with Crippen LogP contribution in [0.15, 0.2) is 41.8 Å². The molecule has 144 valence electrons. The summed E-state index contributed by atoms with van der Waals surface area (Å²) in [6, 6.07) is 13.2. The molecule has 0 aliphatic carbocycles. The molecule has 0 radical (unpaired) electrons.